The van der Waals surface area contributed by atoms with Gasteiger partial charge in [-0.2, -0.15) is 0 Å². The van der Waals surface area contributed by atoms with E-state index in [1.165, 1.54) is 43.5 Å². The van der Waals surface area contributed by atoms with Crippen LogP contribution in [0.4, 0.5) is 4.39 Å². The van der Waals surface area contributed by atoms with E-state index < -0.39 is 6.04 Å². The van der Waals surface area contributed by atoms with Crippen LogP contribution in [-0.2, 0) is 4.79 Å². The number of rotatable bonds is 4. The normalized spacial score (nSPS) is 33.3. The number of hydrogen-bond donors (Lipinski definition) is 2. The smallest absolute Gasteiger partial charge is 0.251 e. The summed E-state index contributed by atoms with van der Waals surface area (Å²) in [5.41, 5.74) is 0.194. The Morgan fingerprint density at radius 3 is 2.24 bits per heavy atom. The number of nitrogens with zero attached hydrogens (tertiary/aromatic N) is 1. The minimum absolute atomic E-state index is 0.157. The molecule has 1 atom stereocenters. The van der Waals surface area contributed by atoms with Crippen LogP contribution in [0.25, 0.3) is 0 Å². The van der Waals surface area contributed by atoms with Gasteiger partial charge in [0.25, 0.3) is 5.91 Å². The van der Waals surface area contributed by atoms with Crippen LogP contribution in [0.2, 0.25) is 0 Å². The molecule has 4 saturated carbocycles. The van der Waals surface area contributed by atoms with Gasteiger partial charge in [0.05, 0.1) is 6.54 Å². The lowest BCUT2D eigenvalue weighted by Crippen LogP contribution is -2.62. The standard InChI is InChI=1S/C22H26FN3O2S/c23-17-3-1-16(2-4-17)19(27)25-18(20(28)26-21-24-5-6-29-21)22-10-13-7-14(11-22)9-15(8-13)12-22/h1-4,13-15,18H,5-12H2,(H,25,27)(H,24,26,28)/t13?,14?,15?,18-,22?/m1/s1. The van der Waals surface area contributed by atoms with Gasteiger partial charge in [-0.1, -0.05) is 11.8 Å². The van der Waals surface area contributed by atoms with E-state index in [2.05, 4.69) is 15.6 Å². The van der Waals surface area contributed by atoms with Gasteiger partial charge in [0, 0.05) is 16.7 Å². The van der Waals surface area contributed by atoms with E-state index in [4.69, 9.17) is 0 Å². The molecular weight excluding hydrogens is 389 g/mol. The Kier molecular flexibility index (Phi) is 4.88. The van der Waals surface area contributed by atoms with Crippen molar-refractivity contribution in [1.29, 1.82) is 0 Å². The first-order chi connectivity index (χ1) is 14.0. The van der Waals surface area contributed by atoms with Crippen molar-refractivity contribution in [2.75, 3.05) is 12.3 Å². The van der Waals surface area contributed by atoms with Crippen LogP contribution in [0, 0.1) is 29.0 Å². The first-order valence-electron chi connectivity index (χ1n) is 10.6. The molecule has 5 aliphatic rings. The molecule has 0 saturated heterocycles. The van der Waals surface area contributed by atoms with Gasteiger partial charge in [0.1, 0.15) is 11.9 Å². The average Bonchev–Trinajstić information content (AvgIpc) is 3.18. The van der Waals surface area contributed by atoms with E-state index in [0.29, 0.717) is 35.0 Å². The summed E-state index contributed by atoms with van der Waals surface area (Å²) >= 11 is 1.55. The van der Waals surface area contributed by atoms with Crippen LogP contribution in [0.1, 0.15) is 48.9 Å². The number of hydrogen-bond acceptors (Lipinski definition) is 4. The number of carbonyl (C=O) groups excluding carboxylic acids is 2. The van der Waals surface area contributed by atoms with Gasteiger partial charge < -0.3 is 10.6 Å². The van der Waals surface area contributed by atoms with Gasteiger partial charge in [0.2, 0.25) is 5.91 Å². The number of halogens is 1. The first kappa shape index (κ1) is 19.1. The lowest BCUT2D eigenvalue weighted by molar-refractivity contribution is -0.133. The van der Waals surface area contributed by atoms with E-state index in [1.807, 2.05) is 0 Å². The molecule has 1 heterocycles. The third-order valence-corrected chi connectivity index (χ3v) is 8.05. The maximum absolute atomic E-state index is 13.4. The molecule has 7 heteroatoms. The van der Waals surface area contributed by atoms with Gasteiger partial charge in [-0.25, -0.2) is 4.39 Å². The van der Waals surface area contributed by atoms with Crippen LogP contribution in [0.3, 0.4) is 0 Å². The van der Waals surface area contributed by atoms with Crippen molar-refractivity contribution in [2.24, 2.45) is 28.2 Å². The second-order valence-corrected chi connectivity index (χ2v) is 10.3. The maximum atomic E-state index is 13.4. The van der Waals surface area contributed by atoms with Crippen molar-refractivity contribution in [1.82, 2.24) is 10.6 Å². The molecule has 1 aromatic carbocycles. The fourth-order valence-corrected chi connectivity index (χ4v) is 7.16. The second-order valence-electron chi connectivity index (χ2n) is 9.22. The summed E-state index contributed by atoms with van der Waals surface area (Å²) in [5.74, 6) is 2.01. The summed E-state index contributed by atoms with van der Waals surface area (Å²) in [5, 5.41) is 6.67. The van der Waals surface area contributed by atoms with Crippen molar-refractivity contribution in [3.05, 3.63) is 35.6 Å². The second kappa shape index (κ2) is 7.42. The summed E-state index contributed by atoms with van der Waals surface area (Å²) < 4.78 is 13.3. The van der Waals surface area contributed by atoms with Crippen molar-refractivity contribution in [3.8, 4) is 0 Å². The van der Waals surface area contributed by atoms with Gasteiger partial charge in [-0.3, -0.25) is 14.6 Å². The third-order valence-electron chi connectivity index (χ3n) is 7.16. The highest BCUT2D eigenvalue weighted by Gasteiger charge is 2.56. The molecule has 0 spiro atoms. The van der Waals surface area contributed by atoms with Crippen molar-refractivity contribution >= 4 is 28.7 Å². The number of amidine groups is 1. The van der Waals surface area contributed by atoms with Crippen LogP contribution in [0.15, 0.2) is 29.3 Å². The Labute approximate surface area is 174 Å². The van der Waals surface area contributed by atoms with Crippen LogP contribution < -0.4 is 10.6 Å². The zero-order chi connectivity index (χ0) is 20.0. The molecule has 154 valence electrons. The monoisotopic (exact) mass is 415 g/mol. The average molecular weight is 416 g/mol. The number of amides is 2. The van der Waals surface area contributed by atoms with Crippen molar-refractivity contribution in [3.63, 3.8) is 0 Å². The lowest BCUT2D eigenvalue weighted by Gasteiger charge is -2.58. The molecule has 4 aliphatic carbocycles. The fraction of sp³-hybridized carbons (Fsp3) is 0.591. The van der Waals surface area contributed by atoms with Crippen molar-refractivity contribution < 1.29 is 14.0 Å². The van der Waals surface area contributed by atoms with E-state index in [-0.39, 0.29) is 23.0 Å². The van der Waals surface area contributed by atoms with Gasteiger partial charge >= 0.3 is 0 Å². The van der Waals surface area contributed by atoms with E-state index in [0.717, 1.165) is 25.0 Å². The Morgan fingerprint density at radius 2 is 1.69 bits per heavy atom. The van der Waals surface area contributed by atoms with Gasteiger partial charge in [0.15, 0.2) is 5.17 Å². The fourth-order valence-electron chi connectivity index (χ4n) is 6.43. The lowest BCUT2D eigenvalue weighted by atomic mass is 9.47. The Balaban J connectivity index is 1.42. The largest absolute Gasteiger partial charge is 0.340 e. The molecule has 0 unspecified atom stereocenters. The van der Waals surface area contributed by atoms with Crippen LogP contribution in [-0.4, -0.2) is 35.3 Å². The number of aliphatic imine (C=N–C) groups is 1. The molecule has 2 N–H and O–H groups in total. The topological polar surface area (TPSA) is 70.6 Å². The minimum Gasteiger partial charge on any atom is -0.340 e. The summed E-state index contributed by atoms with van der Waals surface area (Å²) in [6, 6.07) is 4.90. The Morgan fingerprint density at radius 1 is 1.07 bits per heavy atom. The summed E-state index contributed by atoms with van der Waals surface area (Å²) in [4.78, 5) is 30.7. The number of nitrogens with one attached hydrogen (secondary N) is 2. The summed E-state index contributed by atoms with van der Waals surface area (Å²) in [7, 11) is 0. The van der Waals surface area contributed by atoms with Gasteiger partial charge in [-0.05, 0) is 80.5 Å². The Hall–Kier alpha value is -1.89. The highest BCUT2D eigenvalue weighted by Crippen LogP contribution is 2.61. The summed E-state index contributed by atoms with van der Waals surface area (Å²) in [6.45, 7) is 0.713. The predicted molar refractivity (Wildman–Crippen MR) is 111 cm³/mol. The number of benzene rings is 1. The molecule has 0 radical (unpaired) electrons. The quantitative estimate of drug-likeness (QED) is 0.792. The molecule has 2 amide bonds. The molecule has 1 aliphatic heterocycles. The molecule has 4 fully saturated rings. The van der Waals surface area contributed by atoms with Crippen molar-refractivity contribution in [2.45, 2.75) is 44.6 Å². The van der Waals surface area contributed by atoms with Crippen LogP contribution >= 0.6 is 11.8 Å². The zero-order valence-electron chi connectivity index (χ0n) is 16.3. The molecular formula is C22H26FN3O2S. The Bertz CT molecular complexity index is 819. The third kappa shape index (κ3) is 3.69. The highest BCUT2D eigenvalue weighted by molar-refractivity contribution is 8.14. The molecule has 5 nitrogen and oxygen atoms in total. The first-order valence-corrected chi connectivity index (χ1v) is 11.5. The van der Waals surface area contributed by atoms with E-state index >= 15 is 0 Å². The van der Waals surface area contributed by atoms with Gasteiger partial charge in [-0.15, -0.1) is 0 Å². The maximum Gasteiger partial charge on any atom is 0.251 e. The van der Waals surface area contributed by atoms with Crippen LogP contribution in [0.5, 0.6) is 0 Å². The SMILES string of the molecule is O=C(N[C@H](C(=O)NC1=NCCS1)C12CC3CC(CC(C3)C1)C2)c1ccc(F)cc1. The number of thioether (sulfide) groups is 1. The molecule has 6 rings (SSSR count). The molecule has 0 aromatic heterocycles. The predicted octanol–water partition coefficient (Wildman–Crippen LogP) is 3.36. The summed E-state index contributed by atoms with van der Waals surface area (Å²) in [6.07, 6.45) is 6.80. The number of carbonyl (C=O) groups is 2. The minimum atomic E-state index is -0.586. The molecule has 1 aromatic rings. The van der Waals surface area contributed by atoms with E-state index in [1.54, 1.807) is 11.8 Å². The highest BCUT2D eigenvalue weighted by atomic mass is 32.2. The molecule has 4 bridgehead atoms. The molecule has 29 heavy (non-hydrogen) atoms. The van der Waals surface area contributed by atoms with E-state index in [9.17, 15) is 14.0 Å². The zero-order valence-corrected chi connectivity index (χ0v) is 17.1.